The van der Waals surface area contributed by atoms with Gasteiger partial charge in [0.15, 0.2) is 5.13 Å². The maximum Gasteiger partial charge on any atom is 0.231 e. The number of carbonyl (C=O) groups is 1. The zero-order valence-electron chi connectivity index (χ0n) is 17.9. The molecule has 2 heterocycles. The first-order valence-electron chi connectivity index (χ1n) is 9.93. The van der Waals surface area contributed by atoms with Crippen LogP contribution in [0.15, 0.2) is 45.0 Å². The average molecular weight is 515 g/mol. The summed E-state index contributed by atoms with van der Waals surface area (Å²) in [5, 5.41) is 6.87. The van der Waals surface area contributed by atoms with E-state index in [1.54, 1.807) is 29.8 Å². The third-order valence-electron chi connectivity index (χ3n) is 4.52. The Labute approximate surface area is 206 Å². The first-order chi connectivity index (χ1) is 14.8. The molecule has 1 fully saturated rings. The van der Waals surface area contributed by atoms with Crippen molar-refractivity contribution in [2.45, 2.75) is 39.0 Å². The Bertz CT molecular complexity index is 1010. The zero-order chi connectivity index (χ0) is 22.5. The number of hydrogen-bond donors (Lipinski definition) is 1. The zero-order valence-corrected chi connectivity index (χ0v) is 21.8. The lowest BCUT2D eigenvalue weighted by Crippen LogP contribution is -2.48. The van der Waals surface area contributed by atoms with Crippen LogP contribution in [0.25, 0.3) is 4.91 Å². The highest BCUT2D eigenvalue weighted by Crippen LogP contribution is 2.38. The third kappa shape index (κ3) is 6.76. The smallest absolute Gasteiger partial charge is 0.231 e. The summed E-state index contributed by atoms with van der Waals surface area (Å²) >= 11 is 16.9. The van der Waals surface area contributed by atoms with Gasteiger partial charge in [0.05, 0.1) is 16.6 Å². The highest BCUT2D eigenvalue weighted by atomic mass is 35.5. The molecule has 1 N–H and O–H groups in total. The van der Waals surface area contributed by atoms with E-state index in [1.807, 2.05) is 17.5 Å². The minimum Gasteiger partial charge on any atom is -0.302 e. The standard InChI is InChI=1S/C22H25Cl2N3OS3/c1-5-6-14(4)30-20(13(2)3)18-12-29-22(25-18)26-21(28)15-10-27(11-15)31-19-8-7-16(23)9-17(19)24/h6-9,12,15H,5,10-11H2,1-4H3,(H,25,26,28)/b14-6+. The van der Waals surface area contributed by atoms with Gasteiger partial charge in [0.2, 0.25) is 5.91 Å². The van der Waals surface area contributed by atoms with Crippen LogP contribution in [0.5, 0.6) is 0 Å². The number of thiazole rings is 1. The van der Waals surface area contributed by atoms with Crippen molar-refractivity contribution in [2.75, 3.05) is 18.4 Å². The van der Waals surface area contributed by atoms with Crippen LogP contribution in [0.4, 0.5) is 5.13 Å². The Kier molecular flexibility index (Phi) is 8.96. The fraction of sp³-hybridized carbons (Fsp3) is 0.364. The van der Waals surface area contributed by atoms with Crippen molar-refractivity contribution in [1.29, 1.82) is 0 Å². The van der Waals surface area contributed by atoms with Gasteiger partial charge in [-0.1, -0.05) is 53.5 Å². The van der Waals surface area contributed by atoms with Crippen LogP contribution in [-0.2, 0) is 4.79 Å². The lowest BCUT2D eigenvalue weighted by Gasteiger charge is -2.36. The molecule has 0 aliphatic carbocycles. The molecule has 1 amide bonds. The van der Waals surface area contributed by atoms with Gasteiger partial charge >= 0.3 is 0 Å². The van der Waals surface area contributed by atoms with Gasteiger partial charge in [-0.25, -0.2) is 9.29 Å². The van der Waals surface area contributed by atoms with Crippen LogP contribution in [0.1, 0.15) is 39.8 Å². The van der Waals surface area contributed by atoms with E-state index in [4.69, 9.17) is 23.2 Å². The average Bonchev–Trinajstić information content (AvgIpc) is 3.11. The van der Waals surface area contributed by atoms with E-state index in [9.17, 15) is 4.79 Å². The van der Waals surface area contributed by atoms with Crippen molar-refractivity contribution < 1.29 is 4.79 Å². The summed E-state index contributed by atoms with van der Waals surface area (Å²) in [7, 11) is 0. The van der Waals surface area contributed by atoms with E-state index in [2.05, 4.69) is 48.4 Å². The molecule has 1 aliphatic rings. The van der Waals surface area contributed by atoms with Gasteiger partial charge in [0.1, 0.15) is 0 Å². The molecule has 31 heavy (non-hydrogen) atoms. The summed E-state index contributed by atoms with van der Waals surface area (Å²) in [5.41, 5.74) is 2.13. The van der Waals surface area contributed by atoms with E-state index in [0.717, 1.165) is 21.9 Å². The molecule has 0 unspecified atom stereocenters. The number of hydrogen-bond acceptors (Lipinski definition) is 6. The monoisotopic (exact) mass is 513 g/mol. The second-order valence-corrected chi connectivity index (χ2v) is 11.5. The Morgan fingerprint density at radius 2 is 2.06 bits per heavy atom. The molecule has 1 saturated heterocycles. The van der Waals surface area contributed by atoms with Gasteiger partial charge in [0.25, 0.3) is 0 Å². The highest BCUT2D eigenvalue weighted by Gasteiger charge is 2.34. The summed E-state index contributed by atoms with van der Waals surface area (Å²) in [6.07, 6.45) is 3.22. The topological polar surface area (TPSA) is 45.2 Å². The summed E-state index contributed by atoms with van der Waals surface area (Å²) < 4.78 is 2.12. The normalized spacial score (nSPS) is 15.0. The van der Waals surface area contributed by atoms with E-state index in [0.29, 0.717) is 28.3 Å². The Morgan fingerprint density at radius 1 is 1.32 bits per heavy atom. The molecule has 0 radical (unpaired) electrons. The Morgan fingerprint density at radius 3 is 2.71 bits per heavy atom. The lowest BCUT2D eigenvalue weighted by molar-refractivity contribution is -0.122. The van der Waals surface area contributed by atoms with Crippen molar-refractivity contribution >= 4 is 74.2 Å². The molecule has 1 aromatic carbocycles. The first-order valence-corrected chi connectivity index (χ1v) is 13.2. The van der Waals surface area contributed by atoms with Gasteiger partial charge in [-0.3, -0.25) is 4.79 Å². The van der Waals surface area contributed by atoms with E-state index >= 15 is 0 Å². The first kappa shape index (κ1) is 24.7. The second kappa shape index (κ2) is 11.3. The maximum atomic E-state index is 12.6. The van der Waals surface area contributed by atoms with Crippen molar-refractivity contribution in [2.24, 2.45) is 5.92 Å². The highest BCUT2D eigenvalue weighted by molar-refractivity contribution is 8.11. The van der Waals surface area contributed by atoms with E-state index < -0.39 is 0 Å². The number of amides is 1. The minimum atomic E-state index is -0.0574. The predicted molar refractivity (Wildman–Crippen MR) is 138 cm³/mol. The predicted octanol–water partition coefficient (Wildman–Crippen LogP) is 7.83. The van der Waals surface area contributed by atoms with Crippen LogP contribution in [-0.4, -0.2) is 28.3 Å². The van der Waals surface area contributed by atoms with Gasteiger partial charge in [0, 0.05) is 33.3 Å². The summed E-state index contributed by atoms with van der Waals surface area (Å²) in [6, 6.07) is 5.45. The molecule has 4 nitrogen and oxygen atoms in total. The Hall–Kier alpha value is -0.960. The Balaban J connectivity index is 1.54. The van der Waals surface area contributed by atoms with E-state index in [-0.39, 0.29) is 11.8 Å². The summed E-state index contributed by atoms with van der Waals surface area (Å²) in [5.74, 6) is -0.0497. The van der Waals surface area contributed by atoms with Crippen molar-refractivity contribution in [1.82, 2.24) is 9.29 Å². The second-order valence-electron chi connectivity index (χ2n) is 7.39. The molecule has 0 saturated carbocycles. The van der Waals surface area contributed by atoms with Gasteiger partial charge in [-0.15, -0.1) is 11.3 Å². The van der Waals surface area contributed by atoms with Crippen LogP contribution in [0, 0.1) is 5.92 Å². The number of halogens is 2. The molecule has 0 spiro atoms. The molecule has 0 bridgehead atoms. The molecule has 9 heteroatoms. The van der Waals surface area contributed by atoms with Crippen LogP contribution < -0.4 is 5.32 Å². The SMILES string of the molecule is CC/C=C(\C)SC(=C(C)C)c1csc(NC(=O)C2CN(Sc3ccc(Cl)cc3Cl)C2)n1. The molecule has 0 atom stereocenters. The minimum absolute atomic E-state index is 0.00779. The molecular weight excluding hydrogens is 489 g/mol. The van der Waals surface area contributed by atoms with Gasteiger partial charge < -0.3 is 5.32 Å². The number of aromatic nitrogens is 1. The van der Waals surface area contributed by atoms with E-state index in [1.165, 1.54) is 21.8 Å². The number of rotatable bonds is 8. The number of thioether (sulfide) groups is 1. The van der Waals surface area contributed by atoms with Crippen LogP contribution in [0.2, 0.25) is 10.0 Å². The van der Waals surface area contributed by atoms with Crippen molar-refractivity contribution in [3.05, 3.63) is 55.9 Å². The van der Waals surface area contributed by atoms with Gasteiger partial charge in [-0.2, -0.15) is 0 Å². The number of allylic oxidation sites excluding steroid dienone is 3. The molecular formula is C22H25Cl2N3OS3. The largest absolute Gasteiger partial charge is 0.302 e. The van der Waals surface area contributed by atoms with Crippen molar-refractivity contribution in [3.63, 3.8) is 0 Å². The number of carbonyl (C=O) groups excluding carboxylic acids is 1. The molecule has 2 aromatic rings. The van der Waals surface area contributed by atoms with Crippen LogP contribution >= 0.6 is 58.2 Å². The molecule has 1 aliphatic heterocycles. The number of nitrogens with one attached hydrogen (secondary N) is 1. The summed E-state index contributed by atoms with van der Waals surface area (Å²) in [6.45, 7) is 9.77. The molecule has 166 valence electrons. The number of nitrogens with zero attached hydrogens (tertiary/aromatic N) is 2. The fourth-order valence-corrected chi connectivity index (χ4v) is 6.25. The number of benzene rings is 1. The van der Waals surface area contributed by atoms with Crippen molar-refractivity contribution in [3.8, 4) is 0 Å². The van der Waals surface area contributed by atoms with Crippen LogP contribution in [0.3, 0.4) is 0 Å². The number of anilines is 1. The molecule has 1 aromatic heterocycles. The fourth-order valence-electron chi connectivity index (χ4n) is 2.91. The quantitative estimate of drug-likeness (QED) is 0.364. The van der Waals surface area contributed by atoms with Gasteiger partial charge in [-0.05, 0) is 62.2 Å². The lowest BCUT2D eigenvalue weighted by atomic mass is 10.0. The maximum absolute atomic E-state index is 12.6. The summed E-state index contributed by atoms with van der Waals surface area (Å²) in [4.78, 5) is 20.6. The molecule has 3 rings (SSSR count). The third-order valence-corrected chi connectivity index (χ3v) is 8.35.